The molecular formula is C13H12O4. The van der Waals surface area contributed by atoms with Crippen LogP contribution < -0.4 is 4.74 Å². The summed E-state index contributed by atoms with van der Waals surface area (Å²) in [5.74, 6) is 0.752. The van der Waals surface area contributed by atoms with Crippen LogP contribution in [0, 0.1) is 0 Å². The van der Waals surface area contributed by atoms with Crippen molar-refractivity contribution < 1.29 is 19.7 Å². The average Bonchev–Trinajstić information content (AvgIpc) is 2.31. The fourth-order valence-electron chi connectivity index (χ4n) is 1.05. The molecule has 2 rings (SSSR count). The first kappa shape index (κ1) is 12.6. The highest BCUT2D eigenvalue weighted by Crippen LogP contribution is 2.14. The van der Waals surface area contributed by atoms with Crippen LogP contribution in [0.1, 0.15) is 0 Å². The van der Waals surface area contributed by atoms with Crippen LogP contribution in [0.4, 0.5) is 0 Å². The van der Waals surface area contributed by atoms with E-state index in [4.69, 9.17) is 10.2 Å². The van der Waals surface area contributed by atoms with Gasteiger partial charge in [0.25, 0.3) is 6.47 Å². The minimum atomic E-state index is 0.0880. The molecule has 0 unspecified atom stereocenters. The van der Waals surface area contributed by atoms with Crippen molar-refractivity contribution in [3.8, 4) is 17.2 Å². The van der Waals surface area contributed by atoms with Crippen molar-refractivity contribution in [2.24, 2.45) is 0 Å². The molecule has 0 amide bonds. The number of hydrogen-bond donors (Lipinski definition) is 2. The highest BCUT2D eigenvalue weighted by atomic mass is 16.5. The van der Waals surface area contributed by atoms with Gasteiger partial charge < -0.3 is 14.9 Å². The van der Waals surface area contributed by atoms with Gasteiger partial charge in [-0.3, -0.25) is 4.79 Å². The Bertz CT molecular complexity index is 437. The quantitative estimate of drug-likeness (QED) is 0.780. The summed E-state index contributed by atoms with van der Waals surface area (Å²) in [6.07, 6.45) is 0. The van der Waals surface area contributed by atoms with Crippen LogP contribution in [-0.2, 0) is 4.79 Å². The van der Waals surface area contributed by atoms with E-state index in [1.54, 1.807) is 30.3 Å². The van der Waals surface area contributed by atoms with Gasteiger partial charge in [-0.1, -0.05) is 24.3 Å². The Labute approximate surface area is 98.7 Å². The Morgan fingerprint density at radius 3 is 1.88 bits per heavy atom. The van der Waals surface area contributed by atoms with Gasteiger partial charge in [-0.15, -0.1) is 0 Å². The molecule has 0 heterocycles. The Hall–Kier alpha value is -2.49. The largest absolute Gasteiger partial charge is 0.508 e. The highest BCUT2D eigenvalue weighted by Gasteiger charge is 1.85. The lowest BCUT2D eigenvalue weighted by Gasteiger charge is -1.92. The molecule has 0 bridgehead atoms. The van der Waals surface area contributed by atoms with E-state index < -0.39 is 0 Å². The summed E-state index contributed by atoms with van der Waals surface area (Å²) in [5.41, 5.74) is 0. The summed E-state index contributed by atoms with van der Waals surface area (Å²) in [6, 6.07) is 14.8. The van der Waals surface area contributed by atoms with Crippen molar-refractivity contribution in [2.45, 2.75) is 0 Å². The molecule has 0 saturated carbocycles. The minimum Gasteiger partial charge on any atom is -0.508 e. The highest BCUT2D eigenvalue weighted by molar-refractivity contribution is 5.44. The fraction of sp³-hybridized carbons (Fsp3) is 0. The van der Waals surface area contributed by atoms with Crippen LogP contribution in [-0.4, -0.2) is 16.7 Å². The number of hydrogen-bond acceptors (Lipinski definition) is 4. The second kappa shape index (κ2) is 6.90. The molecule has 4 nitrogen and oxygen atoms in total. The van der Waals surface area contributed by atoms with Gasteiger partial charge in [0.2, 0.25) is 0 Å². The predicted molar refractivity (Wildman–Crippen MR) is 62.9 cm³/mol. The normalized spacial score (nSPS) is 8.71. The first-order chi connectivity index (χ1) is 8.22. The lowest BCUT2D eigenvalue weighted by atomic mass is 10.3. The van der Waals surface area contributed by atoms with E-state index in [0.29, 0.717) is 12.2 Å². The summed E-state index contributed by atoms with van der Waals surface area (Å²) in [7, 11) is 0. The Kier molecular flexibility index (Phi) is 5.10. The van der Waals surface area contributed by atoms with Crippen LogP contribution in [0.5, 0.6) is 17.2 Å². The number of aromatic hydroxyl groups is 2. The number of ether oxygens (including phenoxy) is 1. The molecule has 0 atom stereocenters. The third kappa shape index (κ3) is 5.22. The predicted octanol–water partition coefficient (Wildman–Crippen LogP) is 2.32. The third-order valence-electron chi connectivity index (χ3n) is 1.76. The van der Waals surface area contributed by atoms with E-state index in [1.165, 1.54) is 18.2 Å². The first-order valence-corrected chi connectivity index (χ1v) is 4.85. The van der Waals surface area contributed by atoms with E-state index >= 15 is 0 Å². The van der Waals surface area contributed by atoms with Crippen molar-refractivity contribution in [2.75, 3.05) is 0 Å². The fourth-order valence-corrected chi connectivity index (χ4v) is 1.05. The summed E-state index contributed by atoms with van der Waals surface area (Å²) in [6.45, 7) is 0.412. The SMILES string of the molecule is O=COc1ccccc1.Oc1cccc(O)c1. The summed E-state index contributed by atoms with van der Waals surface area (Å²) in [5, 5.41) is 17.3. The lowest BCUT2D eigenvalue weighted by molar-refractivity contribution is -0.120. The molecule has 0 saturated heterocycles. The second-order valence-electron chi connectivity index (χ2n) is 3.05. The Balaban J connectivity index is 0.000000171. The standard InChI is InChI=1S/C7H6O2.C6H6O2/c8-6-9-7-4-2-1-3-5-7;7-5-2-1-3-6(8)4-5/h1-6H;1-4,7-8H. The van der Waals surface area contributed by atoms with Crippen LogP contribution in [0.25, 0.3) is 0 Å². The van der Waals surface area contributed by atoms with Crippen molar-refractivity contribution in [3.05, 3.63) is 54.6 Å². The van der Waals surface area contributed by atoms with E-state index in [0.717, 1.165) is 0 Å². The maximum absolute atomic E-state index is 9.75. The monoisotopic (exact) mass is 232 g/mol. The molecule has 0 radical (unpaired) electrons. The van der Waals surface area contributed by atoms with E-state index in [1.807, 2.05) is 6.07 Å². The maximum Gasteiger partial charge on any atom is 0.298 e. The molecule has 0 aromatic heterocycles. The topological polar surface area (TPSA) is 66.8 Å². The molecule has 2 N–H and O–H groups in total. The molecule has 0 aliphatic heterocycles. The zero-order valence-electron chi connectivity index (χ0n) is 8.98. The molecule has 2 aromatic carbocycles. The van der Waals surface area contributed by atoms with Gasteiger partial charge in [0.1, 0.15) is 17.2 Å². The third-order valence-corrected chi connectivity index (χ3v) is 1.76. The minimum absolute atomic E-state index is 0.0880. The van der Waals surface area contributed by atoms with Crippen molar-refractivity contribution in [3.63, 3.8) is 0 Å². The number of carbonyl (C=O) groups is 1. The molecule has 0 aliphatic rings. The van der Waals surface area contributed by atoms with Crippen molar-refractivity contribution in [1.29, 1.82) is 0 Å². The number of para-hydroxylation sites is 1. The second-order valence-corrected chi connectivity index (χ2v) is 3.05. The van der Waals surface area contributed by atoms with Gasteiger partial charge >= 0.3 is 0 Å². The number of benzene rings is 2. The Morgan fingerprint density at radius 2 is 1.47 bits per heavy atom. The number of phenols is 2. The molecule has 0 aliphatic carbocycles. The number of carbonyl (C=O) groups excluding carboxylic acids is 1. The number of phenolic OH excluding ortho intramolecular Hbond substituents is 2. The summed E-state index contributed by atoms with van der Waals surface area (Å²) in [4.78, 5) is 9.75. The van der Waals surface area contributed by atoms with E-state index in [9.17, 15) is 4.79 Å². The van der Waals surface area contributed by atoms with Crippen molar-refractivity contribution in [1.82, 2.24) is 0 Å². The van der Waals surface area contributed by atoms with Crippen LogP contribution in [0.2, 0.25) is 0 Å². The maximum atomic E-state index is 9.75. The van der Waals surface area contributed by atoms with Gasteiger partial charge in [-0.05, 0) is 24.3 Å². The summed E-state index contributed by atoms with van der Waals surface area (Å²) < 4.78 is 4.53. The Morgan fingerprint density at radius 1 is 0.882 bits per heavy atom. The van der Waals surface area contributed by atoms with E-state index in [-0.39, 0.29) is 11.5 Å². The molecule has 4 heteroatoms. The molecule has 17 heavy (non-hydrogen) atoms. The number of rotatable bonds is 2. The van der Waals surface area contributed by atoms with Gasteiger partial charge in [-0.25, -0.2) is 0 Å². The molecule has 0 spiro atoms. The van der Waals surface area contributed by atoms with Gasteiger partial charge in [-0.2, -0.15) is 0 Å². The van der Waals surface area contributed by atoms with Crippen molar-refractivity contribution >= 4 is 6.47 Å². The zero-order chi connectivity index (χ0) is 12.5. The molecular weight excluding hydrogens is 220 g/mol. The summed E-state index contributed by atoms with van der Waals surface area (Å²) >= 11 is 0. The lowest BCUT2D eigenvalue weighted by Crippen LogP contribution is -1.85. The van der Waals surface area contributed by atoms with E-state index in [2.05, 4.69) is 4.74 Å². The first-order valence-electron chi connectivity index (χ1n) is 4.85. The van der Waals surface area contributed by atoms with Crippen LogP contribution in [0.3, 0.4) is 0 Å². The van der Waals surface area contributed by atoms with Gasteiger partial charge in [0.05, 0.1) is 0 Å². The van der Waals surface area contributed by atoms with Crippen LogP contribution in [0.15, 0.2) is 54.6 Å². The van der Waals surface area contributed by atoms with Gasteiger partial charge in [0, 0.05) is 6.07 Å². The zero-order valence-corrected chi connectivity index (χ0v) is 8.98. The average molecular weight is 232 g/mol. The molecule has 88 valence electrons. The molecule has 0 fully saturated rings. The molecule has 2 aromatic rings. The van der Waals surface area contributed by atoms with Crippen LogP contribution >= 0.6 is 0 Å². The smallest absolute Gasteiger partial charge is 0.298 e. The van der Waals surface area contributed by atoms with Gasteiger partial charge in [0.15, 0.2) is 0 Å².